The third-order valence-electron chi connectivity index (χ3n) is 3.35. The predicted molar refractivity (Wildman–Crippen MR) is 73.3 cm³/mol. The highest BCUT2D eigenvalue weighted by Crippen LogP contribution is 2.13. The Morgan fingerprint density at radius 3 is 2.71 bits per heavy atom. The van der Waals surface area contributed by atoms with Crippen molar-refractivity contribution in [3.05, 3.63) is 0 Å². The Morgan fingerprint density at radius 1 is 1.29 bits per heavy atom. The molecule has 0 aromatic rings. The molecule has 1 N–H and O–H groups in total. The first-order chi connectivity index (χ1) is 8.11. The zero-order valence-corrected chi connectivity index (χ0v) is 12.0. The van der Waals surface area contributed by atoms with Crippen molar-refractivity contribution in [2.75, 3.05) is 39.4 Å². The molecule has 1 fully saturated rings. The summed E-state index contributed by atoms with van der Waals surface area (Å²) in [7, 11) is 0. The third-order valence-corrected chi connectivity index (χ3v) is 3.35. The van der Waals surface area contributed by atoms with Crippen molar-refractivity contribution in [3.8, 4) is 0 Å². The lowest BCUT2D eigenvalue weighted by molar-refractivity contribution is 0.0790. The van der Waals surface area contributed by atoms with Crippen LogP contribution in [-0.4, -0.2) is 50.3 Å². The highest BCUT2D eigenvalue weighted by molar-refractivity contribution is 4.81. The lowest BCUT2D eigenvalue weighted by Crippen LogP contribution is -2.53. The van der Waals surface area contributed by atoms with Crippen molar-refractivity contribution in [2.24, 2.45) is 11.8 Å². The fraction of sp³-hybridized carbons (Fsp3) is 1.00. The second kappa shape index (κ2) is 8.06. The van der Waals surface area contributed by atoms with Crippen molar-refractivity contribution in [1.82, 2.24) is 10.2 Å². The summed E-state index contributed by atoms with van der Waals surface area (Å²) in [5.74, 6) is 1.39. The minimum absolute atomic E-state index is 0.651. The SMILES string of the molecule is CC(C)COCCCN1CCNCC1C(C)C. The molecule has 1 aliphatic heterocycles. The molecular formula is C14H30N2O. The smallest absolute Gasteiger partial charge is 0.0489 e. The van der Waals surface area contributed by atoms with Crippen LogP contribution in [0.3, 0.4) is 0 Å². The second-order valence-corrected chi connectivity index (χ2v) is 5.87. The third kappa shape index (κ3) is 5.84. The van der Waals surface area contributed by atoms with Gasteiger partial charge in [0.25, 0.3) is 0 Å². The van der Waals surface area contributed by atoms with E-state index in [0.29, 0.717) is 12.0 Å². The van der Waals surface area contributed by atoms with Crippen molar-refractivity contribution in [1.29, 1.82) is 0 Å². The van der Waals surface area contributed by atoms with Crippen LogP contribution >= 0.6 is 0 Å². The van der Waals surface area contributed by atoms with Gasteiger partial charge in [-0.2, -0.15) is 0 Å². The van der Waals surface area contributed by atoms with Gasteiger partial charge < -0.3 is 10.1 Å². The maximum Gasteiger partial charge on any atom is 0.0489 e. The van der Waals surface area contributed by atoms with Crippen LogP contribution in [0.4, 0.5) is 0 Å². The average molecular weight is 242 g/mol. The van der Waals surface area contributed by atoms with Gasteiger partial charge >= 0.3 is 0 Å². The lowest BCUT2D eigenvalue weighted by Gasteiger charge is -2.38. The quantitative estimate of drug-likeness (QED) is 0.691. The van der Waals surface area contributed by atoms with Crippen LogP contribution in [0, 0.1) is 11.8 Å². The summed E-state index contributed by atoms with van der Waals surface area (Å²) in [6, 6.07) is 0.703. The van der Waals surface area contributed by atoms with Crippen LogP contribution in [0.1, 0.15) is 34.1 Å². The normalized spacial score (nSPS) is 22.6. The van der Waals surface area contributed by atoms with Gasteiger partial charge in [-0.1, -0.05) is 27.7 Å². The first kappa shape index (κ1) is 14.9. The van der Waals surface area contributed by atoms with E-state index in [2.05, 4.69) is 37.9 Å². The van der Waals surface area contributed by atoms with E-state index in [1.165, 1.54) is 13.1 Å². The molecule has 0 aromatic carbocycles. The number of hydrogen-bond acceptors (Lipinski definition) is 3. The van der Waals surface area contributed by atoms with Crippen molar-refractivity contribution >= 4 is 0 Å². The monoisotopic (exact) mass is 242 g/mol. The number of nitrogens with one attached hydrogen (secondary N) is 1. The highest BCUT2D eigenvalue weighted by Gasteiger charge is 2.23. The zero-order chi connectivity index (χ0) is 12.7. The Bertz CT molecular complexity index is 195. The molecule has 1 unspecified atom stereocenters. The summed E-state index contributed by atoms with van der Waals surface area (Å²) in [6.07, 6.45) is 1.16. The van der Waals surface area contributed by atoms with Crippen molar-refractivity contribution in [2.45, 2.75) is 40.2 Å². The van der Waals surface area contributed by atoms with E-state index < -0.39 is 0 Å². The number of ether oxygens (including phenoxy) is 1. The van der Waals surface area contributed by atoms with E-state index >= 15 is 0 Å². The molecule has 0 spiro atoms. The van der Waals surface area contributed by atoms with Gasteiger partial charge in [0.2, 0.25) is 0 Å². The van der Waals surface area contributed by atoms with Crippen LogP contribution in [0.15, 0.2) is 0 Å². The van der Waals surface area contributed by atoms with Gasteiger partial charge in [-0.15, -0.1) is 0 Å². The molecule has 0 aliphatic carbocycles. The molecule has 0 radical (unpaired) electrons. The first-order valence-corrected chi connectivity index (χ1v) is 7.13. The number of piperazine rings is 1. The van der Waals surface area contributed by atoms with Crippen LogP contribution in [0.5, 0.6) is 0 Å². The molecule has 1 saturated heterocycles. The van der Waals surface area contributed by atoms with Gasteiger partial charge in [0.1, 0.15) is 0 Å². The maximum absolute atomic E-state index is 5.64. The summed E-state index contributed by atoms with van der Waals surface area (Å²) in [6.45, 7) is 15.5. The molecule has 3 nitrogen and oxygen atoms in total. The Morgan fingerprint density at radius 2 is 2.06 bits per heavy atom. The Kier molecular flexibility index (Phi) is 7.09. The molecule has 0 saturated carbocycles. The van der Waals surface area contributed by atoms with E-state index in [1.807, 2.05) is 0 Å². The fourth-order valence-electron chi connectivity index (χ4n) is 2.39. The topological polar surface area (TPSA) is 24.5 Å². The summed E-state index contributed by atoms with van der Waals surface area (Å²) >= 11 is 0. The first-order valence-electron chi connectivity index (χ1n) is 7.13. The average Bonchev–Trinajstić information content (AvgIpc) is 2.28. The van der Waals surface area contributed by atoms with Crippen LogP contribution in [0.2, 0.25) is 0 Å². The number of rotatable bonds is 7. The van der Waals surface area contributed by atoms with Gasteiger partial charge in [0.15, 0.2) is 0 Å². The van der Waals surface area contributed by atoms with Crippen molar-refractivity contribution in [3.63, 3.8) is 0 Å². The summed E-state index contributed by atoms with van der Waals surface area (Å²) < 4.78 is 5.64. The largest absolute Gasteiger partial charge is 0.381 e. The standard InChI is InChI=1S/C14H30N2O/c1-12(2)11-17-9-5-7-16-8-6-15-10-14(16)13(3)4/h12-15H,5-11H2,1-4H3. The molecule has 3 heteroatoms. The molecule has 1 rings (SSSR count). The molecule has 1 aliphatic rings. The van der Waals surface area contributed by atoms with E-state index in [9.17, 15) is 0 Å². The Hall–Kier alpha value is -0.120. The molecule has 0 amide bonds. The minimum atomic E-state index is 0.651. The number of hydrogen-bond donors (Lipinski definition) is 1. The van der Waals surface area contributed by atoms with Crippen LogP contribution < -0.4 is 5.32 Å². The molecule has 1 atom stereocenters. The van der Waals surface area contributed by atoms with E-state index in [-0.39, 0.29) is 0 Å². The zero-order valence-electron chi connectivity index (χ0n) is 12.0. The molecule has 102 valence electrons. The van der Waals surface area contributed by atoms with Crippen molar-refractivity contribution < 1.29 is 4.74 Å². The Balaban J connectivity index is 2.15. The second-order valence-electron chi connectivity index (χ2n) is 5.87. The Labute approximate surface area is 107 Å². The van der Waals surface area contributed by atoms with E-state index in [0.717, 1.165) is 38.6 Å². The summed E-state index contributed by atoms with van der Waals surface area (Å²) in [4.78, 5) is 2.62. The fourth-order valence-corrected chi connectivity index (χ4v) is 2.39. The molecule has 0 aromatic heterocycles. The van der Waals surface area contributed by atoms with E-state index in [1.54, 1.807) is 0 Å². The van der Waals surface area contributed by atoms with Crippen LogP contribution in [-0.2, 0) is 4.74 Å². The lowest BCUT2D eigenvalue weighted by atomic mass is 10.0. The highest BCUT2D eigenvalue weighted by atomic mass is 16.5. The van der Waals surface area contributed by atoms with Gasteiger partial charge in [-0.05, 0) is 18.3 Å². The van der Waals surface area contributed by atoms with Crippen LogP contribution in [0.25, 0.3) is 0 Å². The molecular weight excluding hydrogens is 212 g/mol. The summed E-state index contributed by atoms with van der Waals surface area (Å²) in [5.41, 5.74) is 0. The molecule has 0 bridgehead atoms. The van der Waals surface area contributed by atoms with Gasteiger partial charge in [-0.25, -0.2) is 0 Å². The van der Waals surface area contributed by atoms with Gasteiger partial charge in [0.05, 0.1) is 0 Å². The predicted octanol–water partition coefficient (Wildman–Crippen LogP) is 1.98. The van der Waals surface area contributed by atoms with Gasteiger partial charge in [0, 0.05) is 45.4 Å². The molecule has 17 heavy (non-hydrogen) atoms. The molecule has 1 heterocycles. The minimum Gasteiger partial charge on any atom is -0.381 e. The van der Waals surface area contributed by atoms with E-state index in [4.69, 9.17) is 4.74 Å². The number of nitrogens with zero attached hydrogens (tertiary/aromatic N) is 1. The van der Waals surface area contributed by atoms with Gasteiger partial charge in [-0.3, -0.25) is 4.90 Å². The maximum atomic E-state index is 5.64. The summed E-state index contributed by atoms with van der Waals surface area (Å²) in [5, 5.41) is 3.49.